The number of carboxylic acid groups (broad SMARTS) is 1. The van der Waals surface area contributed by atoms with Crippen LogP contribution in [0.3, 0.4) is 0 Å². The number of nitrogens with one attached hydrogen (secondary N) is 6. The van der Waals surface area contributed by atoms with E-state index in [1.165, 1.54) is 32.2 Å². The van der Waals surface area contributed by atoms with E-state index in [0.717, 1.165) is 39.0 Å². The third-order valence-electron chi connectivity index (χ3n) is 14.9. The minimum absolute atomic E-state index is 0.0614. The van der Waals surface area contributed by atoms with E-state index in [4.69, 9.17) is 25.1 Å². The fraction of sp³-hybridized carbons (Fsp3) is 0.509. The number of alkyl halides is 3. The first-order valence-electron chi connectivity index (χ1n) is 27.2. The lowest BCUT2D eigenvalue weighted by Gasteiger charge is -2.34. The van der Waals surface area contributed by atoms with Crippen molar-refractivity contribution < 1.29 is 107 Å². The van der Waals surface area contributed by atoms with E-state index in [0.29, 0.717) is 0 Å². The molecule has 0 saturated carbocycles. The second kappa shape index (κ2) is 29.3. The van der Waals surface area contributed by atoms with Crippen LogP contribution >= 0.6 is 0 Å². The van der Waals surface area contributed by atoms with Gasteiger partial charge in [-0.3, -0.25) is 33.6 Å². The largest absolute Gasteiger partial charge is 0.504 e. The smallest absolute Gasteiger partial charge is 0.490 e. The van der Waals surface area contributed by atoms with Crippen molar-refractivity contribution in [2.24, 2.45) is 11.7 Å². The summed E-state index contributed by atoms with van der Waals surface area (Å²) in [7, 11) is 1.36. The Morgan fingerprint density at radius 1 is 0.779 bits per heavy atom. The maximum atomic E-state index is 14.9. The third-order valence-corrected chi connectivity index (χ3v) is 14.9. The van der Waals surface area contributed by atoms with Gasteiger partial charge >= 0.3 is 18.2 Å². The number of phenols is 1. The van der Waals surface area contributed by atoms with Crippen LogP contribution in [0.15, 0.2) is 66.7 Å². The molecule has 470 valence electrons. The molecule has 8 amide bonds. The van der Waals surface area contributed by atoms with Crippen LogP contribution in [0.5, 0.6) is 11.5 Å². The highest BCUT2D eigenvalue weighted by Gasteiger charge is 2.50. The highest BCUT2D eigenvalue weighted by atomic mass is 19.4. The van der Waals surface area contributed by atoms with Crippen LogP contribution in [0.1, 0.15) is 55.7 Å². The van der Waals surface area contributed by atoms with Crippen molar-refractivity contribution >= 4 is 53.4 Å². The summed E-state index contributed by atoms with van der Waals surface area (Å²) < 4.78 is 42.8. The van der Waals surface area contributed by atoms with E-state index in [-0.39, 0.29) is 36.9 Å². The molecule has 0 bridgehead atoms. The number of rotatable bonds is 13. The summed E-state index contributed by atoms with van der Waals surface area (Å²) in [6.07, 6.45) is -18.0. The summed E-state index contributed by atoms with van der Waals surface area (Å²) in [4.78, 5) is 122. The number of carboxylic acids is 1. The fourth-order valence-corrected chi connectivity index (χ4v) is 10.3. The average Bonchev–Trinajstić information content (AvgIpc) is 1.79. The summed E-state index contributed by atoms with van der Waals surface area (Å²) >= 11 is 0. The molecule has 13 atom stereocenters. The van der Waals surface area contributed by atoms with Crippen LogP contribution < -0.4 is 42.4 Å². The van der Waals surface area contributed by atoms with Crippen molar-refractivity contribution in [2.75, 3.05) is 46.4 Å². The second-order valence-electron chi connectivity index (χ2n) is 21.2. The maximum absolute atomic E-state index is 14.9. The Hall–Kier alpha value is -8.20. The lowest BCUT2D eigenvalue weighted by Crippen LogP contribution is -2.64. The number of likely N-dealkylation sites (N-methyl/N-ethyl adjacent to an activating group) is 1. The molecule has 7 rings (SSSR count). The number of hydrogen-bond acceptors (Lipinski definition) is 19. The predicted octanol–water partition coefficient (Wildman–Crippen LogP) is -3.44. The lowest BCUT2D eigenvalue weighted by molar-refractivity contribution is -0.192. The number of aromatic hydroxyl groups is 1. The van der Waals surface area contributed by atoms with Gasteiger partial charge < -0.3 is 97.8 Å². The van der Waals surface area contributed by atoms with Crippen molar-refractivity contribution in [1.29, 1.82) is 0 Å². The molecule has 28 nitrogen and oxygen atoms in total. The van der Waals surface area contributed by atoms with Crippen molar-refractivity contribution in [3.8, 4) is 22.6 Å². The van der Waals surface area contributed by atoms with E-state index in [9.17, 15) is 87.3 Å². The predicted molar refractivity (Wildman–Crippen MR) is 291 cm³/mol. The number of carbonyl (C=O) groups is 9. The van der Waals surface area contributed by atoms with Crippen molar-refractivity contribution in [2.45, 2.75) is 124 Å². The van der Waals surface area contributed by atoms with Crippen LogP contribution in [0, 0.1) is 5.92 Å². The zero-order chi connectivity index (χ0) is 63.5. The molecule has 0 radical (unpaired) electrons. The molecule has 0 spiro atoms. The number of aliphatic hydroxyl groups excluding tert-OH is 6. The Morgan fingerprint density at radius 2 is 1.37 bits per heavy atom. The van der Waals surface area contributed by atoms with Crippen LogP contribution in [0.4, 0.5) is 18.0 Å². The number of β-amino-alcohol motifs (C(OH)–C–C–N with tert-alkyl or cyclic N) is 1. The Kier molecular flexibility index (Phi) is 22.8. The van der Waals surface area contributed by atoms with E-state index in [2.05, 4.69) is 31.9 Å². The van der Waals surface area contributed by atoms with Gasteiger partial charge in [-0.2, -0.15) is 13.2 Å². The topological polar surface area (TPSA) is 439 Å². The molecular weight excluding hydrogens is 1150 g/mol. The number of benzene rings is 3. The number of nitrogens with zero attached hydrogens (tertiary/aromatic N) is 2. The van der Waals surface area contributed by atoms with Crippen LogP contribution in [-0.4, -0.2) is 230 Å². The molecule has 0 unspecified atom stereocenters. The number of halogens is 3. The second-order valence-corrected chi connectivity index (χ2v) is 21.2. The minimum Gasteiger partial charge on any atom is -0.504 e. The Morgan fingerprint density at radius 3 is 1.98 bits per heavy atom. The van der Waals surface area contributed by atoms with Crippen LogP contribution in [0.25, 0.3) is 11.1 Å². The van der Waals surface area contributed by atoms with Crippen LogP contribution in [-0.2, 0) is 49.5 Å². The first-order valence-corrected chi connectivity index (χ1v) is 27.2. The molecule has 0 aromatic heterocycles. The number of aliphatic hydroxyl groups is 6. The number of hydrogen-bond donors (Lipinski definition) is 15. The molecule has 1 aliphatic carbocycles. The molecule has 86 heavy (non-hydrogen) atoms. The summed E-state index contributed by atoms with van der Waals surface area (Å²) in [5.41, 5.74) is 10.2. The highest BCUT2D eigenvalue weighted by Crippen LogP contribution is 2.44. The van der Waals surface area contributed by atoms with Crippen LogP contribution in [0.2, 0.25) is 0 Å². The van der Waals surface area contributed by atoms with E-state index < -0.39 is 190 Å². The highest BCUT2D eigenvalue weighted by molar-refractivity contribution is 5.98. The van der Waals surface area contributed by atoms with Gasteiger partial charge in [0.1, 0.15) is 36.8 Å². The zero-order valence-electron chi connectivity index (χ0n) is 46.7. The number of nitrogens with two attached hydrogens (primary N) is 1. The van der Waals surface area contributed by atoms with Gasteiger partial charge in [-0.15, -0.1) is 0 Å². The summed E-state index contributed by atoms with van der Waals surface area (Å²) in [5.74, 6) is -11.8. The Bertz CT molecular complexity index is 2930. The van der Waals surface area contributed by atoms with Gasteiger partial charge in [-0.05, 0) is 59.7 Å². The molecule has 3 aliphatic heterocycles. The molecule has 3 saturated heterocycles. The Labute approximate surface area is 489 Å². The van der Waals surface area contributed by atoms with Gasteiger partial charge in [0, 0.05) is 57.9 Å². The molecule has 3 fully saturated rings. The molecule has 4 aliphatic rings. The molecular formula is C55H70F3N9O19. The quantitative estimate of drug-likeness (QED) is 0.0791. The van der Waals surface area contributed by atoms with Gasteiger partial charge in [-0.1, -0.05) is 61.5 Å². The lowest BCUT2D eigenvalue weighted by atomic mass is 9.98. The number of fused-ring (bicyclic) bond motifs is 5. The summed E-state index contributed by atoms with van der Waals surface area (Å²) in [6.45, 7) is 0.304. The monoisotopic (exact) mass is 1220 g/mol. The first-order chi connectivity index (χ1) is 40.5. The molecule has 3 heterocycles. The SMILES string of the molecule is CNC(=O)COc1cc(C[C@@H](O)[C@@H]2NC(=O)[C@@H]3C[C@@H](O)CN3C(=O)[C@H]([C@@H](C)O)NC(=O)[C@@H](N)C[C@@H](O)CNC(=O)[C@@H]3[C@@H](O)[C@@H](C)CN3C(=O)[C@H]([C@H](O)CCNC(=O)OCC3c4ccccc4-c4ccccc43)NC2=O)ccc1O.O=C(O)C(F)(F)F. The molecule has 3 aromatic carbocycles. The number of ether oxygens (including phenoxy) is 2. The number of aliphatic carboxylic acids is 1. The van der Waals surface area contributed by atoms with Crippen molar-refractivity contribution in [3.05, 3.63) is 83.4 Å². The van der Waals surface area contributed by atoms with E-state index in [1.54, 1.807) is 0 Å². The molecule has 31 heteroatoms. The average molecular weight is 1220 g/mol. The van der Waals surface area contributed by atoms with E-state index >= 15 is 0 Å². The van der Waals surface area contributed by atoms with Crippen molar-refractivity contribution in [3.63, 3.8) is 0 Å². The summed E-state index contributed by atoms with van der Waals surface area (Å²) in [6, 6.07) is 8.24. The molecule has 3 aromatic rings. The number of amides is 8. The number of carbonyl (C=O) groups excluding carboxylic acids is 8. The number of phenolic OH excluding ortho intramolecular Hbond substituents is 1. The van der Waals surface area contributed by atoms with Gasteiger partial charge in [-0.25, -0.2) is 9.59 Å². The van der Waals surface area contributed by atoms with Gasteiger partial charge in [0.25, 0.3) is 5.91 Å². The Balaban J connectivity index is 0.00000159. The normalized spacial score (nSPS) is 26.0. The number of alkyl carbamates (subject to hydrolysis) is 1. The summed E-state index contributed by atoms with van der Waals surface area (Å²) in [5, 5.41) is 99.9. The van der Waals surface area contributed by atoms with E-state index in [1.807, 2.05) is 48.5 Å². The standard InChI is InChI=1S/C53H69N9O17.C2HF3O2/c1-25-21-62-45(46(25)70)50(74)57-20-28(64)18-35(54)47(71)58-42(26(2)63)51(75)61-22-29(65)19-36(61)48(72)59-43(39(68)16-27-12-13-37(66)40(17-27)78-24-41(69)55-3)49(73)60-44(52(62)76)38(67)14-15-56-53(77)79-23-34-32-10-6-4-8-30(32)31-9-5-7-11-33(31)34;3-2(4,5)1(6)7/h4-13,17,25-26,28-29,34-36,38-39,42-46,63-68,70H,14-16,18-24,54H2,1-3H3,(H,55,69)(H,56,77)(H,57,74)(H,58,71)(H,59,72)(H,60,73);(H,6,7)/t25-,26+,28+,29+,35-,36-,38+,39+,42-,43-,44-,45-,46-;/m0./s1. The molecule has 16 N–H and O–H groups in total. The zero-order valence-corrected chi connectivity index (χ0v) is 46.7. The van der Waals surface area contributed by atoms with Gasteiger partial charge in [0.2, 0.25) is 35.4 Å². The van der Waals surface area contributed by atoms with Gasteiger partial charge in [0.15, 0.2) is 18.1 Å². The minimum atomic E-state index is -5.08. The third kappa shape index (κ3) is 16.6. The first kappa shape index (κ1) is 66.9. The van der Waals surface area contributed by atoms with Crippen molar-refractivity contribution in [1.82, 2.24) is 41.7 Å². The maximum Gasteiger partial charge on any atom is 0.490 e. The fourth-order valence-electron chi connectivity index (χ4n) is 10.3. The van der Waals surface area contributed by atoms with Gasteiger partial charge in [0.05, 0.1) is 42.7 Å².